The molecule has 0 radical (unpaired) electrons. The van der Waals surface area contributed by atoms with E-state index in [2.05, 4.69) is 25.7 Å². The highest BCUT2D eigenvalue weighted by atomic mass is 16.5. The van der Waals surface area contributed by atoms with Crippen LogP contribution in [0.5, 0.6) is 0 Å². The molecule has 0 amide bonds. The average molecular weight is 229 g/mol. The standard InChI is InChI=1S/C13H27NO2/c1-5-12(3)11-13(14-6-2)7-8-16-10-9-15-4/h13-14H,3,5-11H2,1-2,4H3. The fraction of sp³-hybridized carbons (Fsp3) is 0.846. The Morgan fingerprint density at radius 1 is 1.25 bits per heavy atom. The van der Waals surface area contributed by atoms with E-state index in [1.807, 2.05) is 0 Å². The van der Waals surface area contributed by atoms with Crippen LogP contribution in [0.25, 0.3) is 0 Å². The van der Waals surface area contributed by atoms with Crippen molar-refractivity contribution in [1.29, 1.82) is 0 Å². The largest absolute Gasteiger partial charge is 0.382 e. The molecule has 1 atom stereocenters. The molecule has 96 valence electrons. The number of methoxy groups -OCH3 is 1. The lowest BCUT2D eigenvalue weighted by Gasteiger charge is -2.18. The second-order valence-corrected chi connectivity index (χ2v) is 3.96. The molecule has 0 aliphatic rings. The van der Waals surface area contributed by atoms with Gasteiger partial charge in [0, 0.05) is 19.8 Å². The van der Waals surface area contributed by atoms with Crippen molar-refractivity contribution >= 4 is 0 Å². The number of hydrogen-bond acceptors (Lipinski definition) is 3. The monoisotopic (exact) mass is 229 g/mol. The lowest BCUT2D eigenvalue weighted by atomic mass is 10.0. The molecule has 0 rings (SSSR count). The Morgan fingerprint density at radius 2 is 2.00 bits per heavy atom. The Kier molecular flexibility index (Phi) is 10.9. The van der Waals surface area contributed by atoms with Crippen molar-refractivity contribution in [3.8, 4) is 0 Å². The van der Waals surface area contributed by atoms with Gasteiger partial charge in [-0.05, 0) is 25.8 Å². The van der Waals surface area contributed by atoms with E-state index in [9.17, 15) is 0 Å². The first kappa shape index (κ1) is 15.6. The van der Waals surface area contributed by atoms with E-state index in [0.29, 0.717) is 19.3 Å². The van der Waals surface area contributed by atoms with Crippen LogP contribution in [0.15, 0.2) is 12.2 Å². The molecule has 0 aliphatic carbocycles. The maximum absolute atomic E-state index is 5.47. The molecule has 0 aromatic carbocycles. The van der Waals surface area contributed by atoms with Crippen molar-refractivity contribution in [2.24, 2.45) is 0 Å². The van der Waals surface area contributed by atoms with Crippen LogP contribution in [0.3, 0.4) is 0 Å². The molecule has 0 bridgehead atoms. The topological polar surface area (TPSA) is 30.5 Å². The van der Waals surface area contributed by atoms with Crippen LogP contribution in [-0.2, 0) is 9.47 Å². The normalized spacial score (nSPS) is 12.7. The zero-order valence-corrected chi connectivity index (χ0v) is 11.1. The molecule has 3 nitrogen and oxygen atoms in total. The van der Waals surface area contributed by atoms with E-state index in [4.69, 9.17) is 9.47 Å². The number of hydrogen-bond donors (Lipinski definition) is 1. The molecule has 3 heteroatoms. The predicted molar refractivity (Wildman–Crippen MR) is 68.8 cm³/mol. The zero-order chi connectivity index (χ0) is 12.2. The maximum atomic E-state index is 5.47. The van der Waals surface area contributed by atoms with Crippen molar-refractivity contribution in [3.63, 3.8) is 0 Å². The first-order chi connectivity index (χ1) is 7.74. The van der Waals surface area contributed by atoms with Gasteiger partial charge in [-0.15, -0.1) is 0 Å². The van der Waals surface area contributed by atoms with Gasteiger partial charge in [-0.3, -0.25) is 0 Å². The van der Waals surface area contributed by atoms with E-state index in [1.54, 1.807) is 7.11 Å². The number of ether oxygens (including phenoxy) is 2. The van der Waals surface area contributed by atoms with Crippen molar-refractivity contribution in [2.75, 3.05) is 33.5 Å². The Balaban J connectivity index is 3.63. The third-order valence-corrected chi connectivity index (χ3v) is 2.57. The third kappa shape index (κ3) is 8.89. The molecule has 1 N–H and O–H groups in total. The summed E-state index contributed by atoms with van der Waals surface area (Å²) in [6.07, 6.45) is 3.15. The Bertz CT molecular complexity index is 171. The molecule has 0 saturated heterocycles. The highest BCUT2D eigenvalue weighted by molar-refractivity contribution is 4.96. The van der Waals surface area contributed by atoms with Crippen molar-refractivity contribution < 1.29 is 9.47 Å². The molecule has 0 heterocycles. The van der Waals surface area contributed by atoms with Crippen LogP contribution in [0.4, 0.5) is 0 Å². The molecule has 16 heavy (non-hydrogen) atoms. The van der Waals surface area contributed by atoms with E-state index in [0.717, 1.165) is 32.4 Å². The summed E-state index contributed by atoms with van der Waals surface area (Å²) in [4.78, 5) is 0. The Hall–Kier alpha value is -0.380. The average Bonchev–Trinajstić information content (AvgIpc) is 2.28. The number of rotatable bonds is 11. The fourth-order valence-corrected chi connectivity index (χ4v) is 1.53. The van der Waals surface area contributed by atoms with Gasteiger partial charge in [-0.1, -0.05) is 26.0 Å². The Morgan fingerprint density at radius 3 is 2.56 bits per heavy atom. The Labute approximate surface area is 100 Å². The zero-order valence-electron chi connectivity index (χ0n) is 11.1. The van der Waals surface area contributed by atoms with Crippen molar-refractivity contribution in [3.05, 3.63) is 12.2 Å². The molecular formula is C13H27NO2. The van der Waals surface area contributed by atoms with Gasteiger partial charge < -0.3 is 14.8 Å². The second-order valence-electron chi connectivity index (χ2n) is 3.96. The second kappa shape index (κ2) is 11.1. The summed E-state index contributed by atoms with van der Waals surface area (Å²) in [6, 6.07) is 0.500. The third-order valence-electron chi connectivity index (χ3n) is 2.57. The van der Waals surface area contributed by atoms with E-state index in [-0.39, 0.29) is 0 Å². The van der Waals surface area contributed by atoms with E-state index >= 15 is 0 Å². The van der Waals surface area contributed by atoms with Crippen LogP contribution in [0.1, 0.15) is 33.1 Å². The minimum absolute atomic E-state index is 0.500. The highest BCUT2D eigenvalue weighted by Crippen LogP contribution is 2.09. The maximum Gasteiger partial charge on any atom is 0.0700 e. The van der Waals surface area contributed by atoms with Crippen molar-refractivity contribution in [1.82, 2.24) is 5.32 Å². The molecule has 1 unspecified atom stereocenters. The first-order valence-electron chi connectivity index (χ1n) is 6.21. The SMILES string of the molecule is C=C(CC)CC(CCOCCOC)NCC. The molecule has 0 aromatic heterocycles. The van der Waals surface area contributed by atoms with Gasteiger partial charge >= 0.3 is 0 Å². The summed E-state index contributed by atoms with van der Waals surface area (Å²) in [6.45, 7) is 11.5. The van der Waals surface area contributed by atoms with Gasteiger partial charge in [0.1, 0.15) is 0 Å². The van der Waals surface area contributed by atoms with Crippen molar-refractivity contribution in [2.45, 2.75) is 39.2 Å². The summed E-state index contributed by atoms with van der Waals surface area (Å²) >= 11 is 0. The van der Waals surface area contributed by atoms with Gasteiger partial charge in [0.25, 0.3) is 0 Å². The van der Waals surface area contributed by atoms with Crippen LogP contribution >= 0.6 is 0 Å². The quantitative estimate of drug-likeness (QED) is 0.436. The minimum atomic E-state index is 0.500. The summed E-state index contributed by atoms with van der Waals surface area (Å²) in [5.41, 5.74) is 1.31. The minimum Gasteiger partial charge on any atom is -0.382 e. The van der Waals surface area contributed by atoms with Gasteiger partial charge in [-0.2, -0.15) is 0 Å². The number of nitrogens with one attached hydrogen (secondary N) is 1. The molecule has 0 aliphatic heterocycles. The van der Waals surface area contributed by atoms with Gasteiger partial charge in [-0.25, -0.2) is 0 Å². The molecule has 0 saturated carbocycles. The molecule has 0 aromatic rings. The van der Waals surface area contributed by atoms with E-state index < -0.39 is 0 Å². The van der Waals surface area contributed by atoms with Gasteiger partial charge in [0.15, 0.2) is 0 Å². The molecular weight excluding hydrogens is 202 g/mol. The van der Waals surface area contributed by atoms with Gasteiger partial charge in [0.05, 0.1) is 13.2 Å². The van der Waals surface area contributed by atoms with Crippen LogP contribution in [-0.4, -0.2) is 39.5 Å². The summed E-state index contributed by atoms with van der Waals surface area (Å²) < 4.78 is 10.4. The van der Waals surface area contributed by atoms with Crippen LogP contribution < -0.4 is 5.32 Å². The fourth-order valence-electron chi connectivity index (χ4n) is 1.53. The summed E-state index contributed by atoms with van der Waals surface area (Å²) in [5, 5.41) is 3.47. The van der Waals surface area contributed by atoms with Crippen LogP contribution in [0.2, 0.25) is 0 Å². The lowest BCUT2D eigenvalue weighted by Crippen LogP contribution is -2.30. The smallest absolute Gasteiger partial charge is 0.0700 e. The first-order valence-corrected chi connectivity index (χ1v) is 6.21. The summed E-state index contributed by atoms with van der Waals surface area (Å²) in [5.74, 6) is 0. The molecule has 0 spiro atoms. The molecule has 0 fully saturated rings. The predicted octanol–water partition coefficient (Wildman–Crippen LogP) is 2.37. The van der Waals surface area contributed by atoms with Gasteiger partial charge in [0.2, 0.25) is 0 Å². The summed E-state index contributed by atoms with van der Waals surface area (Å²) in [7, 11) is 1.69. The van der Waals surface area contributed by atoms with E-state index in [1.165, 1.54) is 5.57 Å². The highest BCUT2D eigenvalue weighted by Gasteiger charge is 2.07. The lowest BCUT2D eigenvalue weighted by molar-refractivity contribution is 0.0658. The van der Waals surface area contributed by atoms with Crippen LogP contribution in [0, 0.1) is 0 Å².